The molecular formula is C18H20N2. The fourth-order valence-corrected chi connectivity index (χ4v) is 2.06. The van der Waals surface area contributed by atoms with E-state index in [9.17, 15) is 0 Å². The number of aryl methyl sites for hydroxylation is 1. The maximum Gasteiger partial charge on any atom is 0.126 e. The molecule has 0 spiro atoms. The number of rotatable bonds is 6. The molecule has 0 amide bonds. The number of allylic oxidation sites excluding steroid dienone is 4. The molecule has 0 atom stereocenters. The highest BCUT2D eigenvalue weighted by molar-refractivity contribution is 5.80. The molecule has 0 unspecified atom stereocenters. The van der Waals surface area contributed by atoms with E-state index in [1.54, 1.807) is 6.08 Å². The van der Waals surface area contributed by atoms with Crippen LogP contribution in [0.5, 0.6) is 0 Å². The molecule has 1 aromatic heterocycles. The van der Waals surface area contributed by atoms with Gasteiger partial charge in [-0.3, -0.25) is 0 Å². The Morgan fingerprint density at radius 3 is 2.90 bits per heavy atom. The van der Waals surface area contributed by atoms with Crippen LogP contribution in [0.15, 0.2) is 67.3 Å². The topological polar surface area (TPSA) is 24.9 Å². The number of hydrogen-bond acceptors (Lipinski definition) is 2. The minimum Gasteiger partial charge on any atom is -0.373 e. The van der Waals surface area contributed by atoms with Crippen LogP contribution < -0.4 is 5.32 Å². The van der Waals surface area contributed by atoms with E-state index in [1.165, 1.54) is 10.9 Å². The van der Waals surface area contributed by atoms with Crippen molar-refractivity contribution in [3.63, 3.8) is 0 Å². The molecule has 102 valence electrons. The van der Waals surface area contributed by atoms with Crippen LogP contribution in [-0.4, -0.2) is 12.0 Å². The molecule has 0 aliphatic rings. The van der Waals surface area contributed by atoms with Gasteiger partial charge in [0, 0.05) is 12.4 Å². The maximum atomic E-state index is 4.52. The smallest absolute Gasteiger partial charge is 0.126 e. The van der Waals surface area contributed by atoms with Gasteiger partial charge in [0.05, 0.1) is 5.52 Å². The van der Waals surface area contributed by atoms with E-state index in [4.69, 9.17) is 0 Å². The SMILES string of the molecule is C=C/C=C\C(=C)CCc1ccc2nc(NC)ccc2c1. The van der Waals surface area contributed by atoms with Crippen LogP contribution in [0.25, 0.3) is 10.9 Å². The van der Waals surface area contributed by atoms with E-state index in [0.717, 1.165) is 29.7 Å². The standard InChI is InChI=1S/C18H20N2/c1-4-5-6-14(2)7-8-15-9-11-17-16(13-15)10-12-18(19-3)20-17/h4-6,9-13H,1-2,7-8H2,3H3,(H,19,20)/b6-5-. The maximum absolute atomic E-state index is 4.52. The highest BCUT2D eigenvalue weighted by Gasteiger charge is 2.00. The Balaban J connectivity index is 2.10. The summed E-state index contributed by atoms with van der Waals surface area (Å²) in [4.78, 5) is 4.52. The van der Waals surface area contributed by atoms with Crippen molar-refractivity contribution >= 4 is 16.7 Å². The fourth-order valence-electron chi connectivity index (χ4n) is 2.06. The van der Waals surface area contributed by atoms with Gasteiger partial charge in [-0.05, 0) is 42.7 Å². The first kappa shape index (κ1) is 14.1. The first-order chi connectivity index (χ1) is 9.72. The number of benzene rings is 1. The van der Waals surface area contributed by atoms with Crippen LogP contribution >= 0.6 is 0 Å². The van der Waals surface area contributed by atoms with Gasteiger partial charge in [-0.1, -0.05) is 43.0 Å². The third-order valence-electron chi connectivity index (χ3n) is 3.21. The van der Waals surface area contributed by atoms with E-state index in [-0.39, 0.29) is 0 Å². The Hall–Kier alpha value is -2.35. The second-order valence-electron chi connectivity index (χ2n) is 4.73. The average Bonchev–Trinajstić information content (AvgIpc) is 2.50. The van der Waals surface area contributed by atoms with Gasteiger partial charge in [0.15, 0.2) is 0 Å². The third-order valence-corrected chi connectivity index (χ3v) is 3.21. The summed E-state index contributed by atoms with van der Waals surface area (Å²) in [5.41, 5.74) is 3.45. The zero-order valence-electron chi connectivity index (χ0n) is 11.9. The van der Waals surface area contributed by atoms with Gasteiger partial charge in [-0.15, -0.1) is 0 Å². The number of hydrogen-bond donors (Lipinski definition) is 1. The Labute approximate surface area is 120 Å². The van der Waals surface area contributed by atoms with Crippen molar-refractivity contribution in [2.24, 2.45) is 0 Å². The third kappa shape index (κ3) is 3.58. The molecule has 0 aliphatic heterocycles. The summed E-state index contributed by atoms with van der Waals surface area (Å²) in [6.07, 6.45) is 7.65. The van der Waals surface area contributed by atoms with Crippen LogP contribution in [0.3, 0.4) is 0 Å². The summed E-state index contributed by atoms with van der Waals surface area (Å²) < 4.78 is 0. The molecule has 1 N–H and O–H groups in total. The minimum absolute atomic E-state index is 0.896. The zero-order valence-corrected chi connectivity index (χ0v) is 11.9. The van der Waals surface area contributed by atoms with Gasteiger partial charge in [0.1, 0.15) is 5.82 Å². The highest BCUT2D eigenvalue weighted by atomic mass is 15.0. The van der Waals surface area contributed by atoms with Crippen LogP contribution in [-0.2, 0) is 6.42 Å². The summed E-state index contributed by atoms with van der Waals surface area (Å²) in [6.45, 7) is 7.70. The molecule has 0 saturated heterocycles. The lowest BCUT2D eigenvalue weighted by Gasteiger charge is -2.05. The van der Waals surface area contributed by atoms with Gasteiger partial charge >= 0.3 is 0 Å². The summed E-state index contributed by atoms with van der Waals surface area (Å²) in [6, 6.07) is 10.5. The van der Waals surface area contributed by atoms with Gasteiger partial charge in [0.2, 0.25) is 0 Å². The number of pyridine rings is 1. The molecule has 20 heavy (non-hydrogen) atoms. The molecule has 1 aromatic carbocycles. The lowest BCUT2D eigenvalue weighted by molar-refractivity contribution is 0.971. The molecule has 2 aromatic rings. The van der Waals surface area contributed by atoms with E-state index in [1.807, 2.05) is 25.3 Å². The molecule has 2 heteroatoms. The summed E-state index contributed by atoms with van der Waals surface area (Å²) in [7, 11) is 1.88. The second-order valence-corrected chi connectivity index (χ2v) is 4.73. The molecule has 0 saturated carbocycles. The first-order valence-corrected chi connectivity index (χ1v) is 6.77. The van der Waals surface area contributed by atoms with Crippen LogP contribution in [0, 0.1) is 0 Å². The molecule has 2 nitrogen and oxygen atoms in total. The number of aromatic nitrogens is 1. The van der Waals surface area contributed by atoms with E-state index in [2.05, 4.69) is 47.7 Å². The average molecular weight is 264 g/mol. The van der Waals surface area contributed by atoms with E-state index < -0.39 is 0 Å². The number of anilines is 1. The summed E-state index contributed by atoms with van der Waals surface area (Å²) in [5, 5.41) is 4.23. The number of nitrogens with one attached hydrogen (secondary N) is 1. The fraction of sp³-hybridized carbons (Fsp3) is 0.167. The van der Waals surface area contributed by atoms with Crippen LogP contribution in [0.2, 0.25) is 0 Å². The Morgan fingerprint density at radius 1 is 1.30 bits per heavy atom. The lowest BCUT2D eigenvalue weighted by atomic mass is 10.0. The van der Waals surface area contributed by atoms with Crippen molar-refractivity contribution in [3.05, 3.63) is 72.9 Å². The molecule has 0 radical (unpaired) electrons. The Morgan fingerprint density at radius 2 is 2.15 bits per heavy atom. The van der Waals surface area contributed by atoms with Crippen LogP contribution in [0.1, 0.15) is 12.0 Å². The number of nitrogens with zero attached hydrogens (tertiary/aromatic N) is 1. The lowest BCUT2D eigenvalue weighted by Crippen LogP contribution is -1.93. The number of fused-ring (bicyclic) bond motifs is 1. The molecule has 1 heterocycles. The molecule has 0 bridgehead atoms. The Bertz CT molecular complexity index is 654. The zero-order chi connectivity index (χ0) is 14.4. The molecule has 0 aliphatic carbocycles. The van der Waals surface area contributed by atoms with Crippen LogP contribution in [0.4, 0.5) is 5.82 Å². The van der Waals surface area contributed by atoms with Crippen molar-refractivity contribution in [2.45, 2.75) is 12.8 Å². The van der Waals surface area contributed by atoms with Crippen molar-refractivity contribution in [1.29, 1.82) is 0 Å². The molecule has 2 rings (SSSR count). The largest absolute Gasteiger partial charge is 0.373 e. The summed E-state index contributed by atoms with van der Waals surface area (Å²) in [5.74, 6) is 0.896. The normalized spacial score (nSPS) is 10.8. The van der Waals surface area contributed by atoms with Crippen molar-refractivity contribution < 1.29 is 0 Å². The van der Waals surface area contributed by atoms with Crippen molar-refractivity contribution in [2.75, 3.05) is 12.4 Å². The van der Waals surface area contributed by atoms with Gasteiger partial charge in [-0.25, -0.2) is 4.98 Å². The monoisotopic (exact) mass is 264 g/mol. The van der Waals surface area contributed by atoms with E-state index >= 15 is 0 Å². The van der Waals surface area contributed by atoms with Gasteiger partial charge < -0.3 is 5.32 Å². The van der Waals surface area contributed by atoms with E-state index in [0.29, 0.717) is 0 Å². The Kier molecular flexibility index (Phi) is 4.72. The summed E-state index contributed by atoms with van der Waals surface area (Å²) >= 11 is 0. The first-order valence-electron chi connectivity index (χ1n) is 6.77. The highest BCUT2D eigenvalue weighted by Crippen LogP contribution is 2.18. The van der Waals surface area contributed by atoms with Gasteiger partial charge in [-0.2, -0.15) is 0 Å². The quantitative estimate of drug-likeness (QED) is 0.777. The van der Waals surface area contributed by atoms with Crippen molar-refractivity contribution in [3.8, 4) is 0 Å². The minimum atomic E-state index is 0.896. The van der Waals surface area contributed by atoms with Crippen molar-refractivity contribution in [1.82, 2.24) is 4.98 Å². The molecular weight excluding hydrogens is 244 g/mol. The molecule has 0 fully saturated rings. The van der Waals surface area contributed by atoms with Gasteiger partial charge in [0.25, 0.3) is 0 Å². The second kappa shape index (κ2) is 6.71. The predicted molar refractivity (Wildman–Crippen MR) is 88.1 cm³/mol. The predicted octanol–water partition coefficient (Wildman–Crippen LogP) is 4.51.